The monoisotopic (exact) mass is 175 g/mol. The van der Waals surface area contributed by atoms with E-state index in [4.69, 9.17) is 5.11 Å². The highest BCUT2D eigenvalue weighted by atomic mass is 32.1. The fourth-order valence-electron chi connectivity index (χ4n) is 0.947. The molecule has 0 aromatic carbocycles. The molecule has 66 valence electrons. The van der Waals surface area contributed by atoms with Crippen molar-refractivity contribution in [3.8, 4) is 0 Å². The maximum absolute atomic E-state index is 9.02. The van der Waals surface area contributed by atoms with E-state index >= 15 is 0 Å². The Labute approximate surface area is 74.3 Å². The van der Waals surface area contributed by atoms with Crippen LogP contribution in [-0.4, -0.2) is 42.0 Å². The summed E-state index contributed by atoms with van der Waals surface area (Å²) in [6.07, 6.45) is -0.271. The lowest BCUT2D eigenvalue weighted by Gasteiger charge is -2.18. The van der Waals surface area contributed by atoms with Gasteiger partial charge in [0.25, 0.3) is 0 Å². The summed E-state index contributed by atoms with van der Waals surface area (Å²) in [5, 5.41) is 9.02. The molecule has 1 unspecified atom stereocenters. The van der Waals surface area contributed by atoms with Gasteiger partial charge >= 0.3 is 0 Å². The van der Waals surface area contributed by atoms with Crippen molar-refractivity contribution in [2.75, 3.05) is 25.9 Å². The van der Waals surface area contributed by atoms with Gasteiger partial charge in [-0.25, -0.2) is 0 Å². The molecule has 0 radical (unpaired) electrons. The van der Waals surface area contributed by atoms with Gasteiger partial charge in [-0.15, -0.1) is 0 Å². The number of hydrogen-bond donors (Lipinski definition) is 2. The second kappa shape index (κ2) is 5.63. The molecular weight excluding hydrogens is 158 g/mol. The number of likely N-dealkylation sites (N-methyl/N-ethyl adjacent to an activating group) is 1. The molecule has 0 spiro atoms. The molecule has 0 aliphatic heterocycles. The Balaban J connectivity index is 3.51. The summed E-state index contributed by atoms with van der Waals surface area (Å²) in [5.74, 6) is 0.712. The number of hydrogen-bond acceptors (Lipinski definition) is 3. The first-order valence-corrected chi connectivity index (χ1v) is 4.33. The second-order valence-corrected chi connectivity index (χ2v) is 3.27. The molecule has 0 saturated carbocycles. The Kier molecular flexibility index (Phi) is 5.64. The quantitative estimate of drug-likeness (QED) is 0.476. The van der Waals surface area contributed by atoms with Gasteiger partial charge in [-0.05, 0) is 14.0 Å². The van der Waals surface area contributed by atoms with Crippen LogP contribution in [-0.2, 0) is 0 Å². The Bertz CT molecular complexity index is 125. The zero-order valence-corrected chi connectivity index (χ0v) is 8.14. The molecule has 0 aromatic rings. The van der Waals surface area contributed by atoms with Gasteiger partial charge in [0.2, 0.25) is 0 Å². The summed E-state index contributed by atoms with van der Waals surface area (Å²) >= 11 is 4.09. The minimum absolute atomic E-state index is 0.271. The smallest absolute Gasteiger partial charge is 0.0639 e. The summed E-state index contributed by atoms with van der Waals surface area (Å²) in [6, 6.07) is 0. The predicted octanol–water partition coefficient (Wildman–Crippen LogP) is 0.785. The zero-order valence-electron chi connectivity index (χ0n) is 7.25. The van der Waals surface area contributed by atoms with Gasteiger partial charge in [0, 0.05) is 18.8 Å². The van der Waals surface area contributed by atoms with E-state index in [0.29, 0.717) is 12.3 Å². The predicted molar refractivity (Wildman–Crippen MR) is 52.2 cm³/mol. The molecule has 1 N–H and O–H groups in total. The molecule has 0 bridgehead atoms. The SMILES string of the molecule is C=C(CS)CN(C)CC(C)O. The minimum Gasteiger partial charge on any atom is -0.392 e. The maximum atomic E-state index is 9.02. The fourth-order valence-corrected chi connectivity index (χ4v) is 1.05. The molecule has 0 aromatic heterocycles. The Hall–Kier alpha value is 0.01000. The van der Waals surface area contributed by atoms with Crippen LogP contribution in [0.1, 0.15) is 6.92 Å². The van der Waals surface area contributed by atoms with Crippen molar-refractivity contribution in [2.45, 2.75) is 13.0 Å². The molecule has 0 aliphatic carbocycles. The van der Waals surface area contributed by atoms with Crippen molar-refractivity contribution in [3.63, 3.8) is 0 Å². The first-order valence-electron chi connectivity index (χ1n) is 3.70. The molecule has 0 fully saturated rings. The highest BCUT2D eigenvalue weighted by Crippen LogP contribution is 1.97. The highest BCUT2D eigenvalue weighted by molar-refractivity contribution is 7.80. The molecule has 1 atom stereocenters. The van der Waals surface area contributed by atoms with Crippen LogP contribution in [0.5, 0.6) is 0 Å². The molecule has 0 amide bonds. The first-order chi connectivity index (χ1) is 5.06. The zero-order chi connectivity index (χ0) is 8.85. The van der Waals surface area contributed by atoms with E-state index in [0.717, 1.165) is 12.1 Å². The van der Waals surface area contributed by atoms with Crippen molar-refractivity contribution < 1.29 is 5.11 Å². The van der Waals surface area contributed by atoms with Crippen molar-refractivity contribution in [2.24, 2.45) is 0 Å². The molecule has 11 heavy (non-hydrogen) atoms. The normalized spacial score (nSPS) is 13.5. The summed E-state index contributed by atoms with van der Waals surface area (Å²) < 4.78 is 0. The molecular formula is C8H17NOS. The van der Waals surface area contributed by atoms with Crippen LogP contribution in [0.25, 0.3) is 0 Å². The molecule has 0 rings (SSSR count). The van der Waals surface area contributed by atoms with Gasteiger partial charge in [-0.3, -0.25) is 4.90 Å². The molecule has 0 heterocycles. The van der Waals surface area contributed by atoms with Crippen LogP contribution in [0.2, 0.25) is 0 Å². The summed E-state index contributed by atoms with van der Waals surface area (Å²) in [6.45, 7) is 7.10. The largest absolute Gasteiger partial charge is 0.392 e. The molecule has 0 aliphatic rings. The third-order valence-electron chi connectivity index (χ3n) is 1.29. The lowest BCUT2D eigenvalue weighted by atomic mass is 10.3. The van der Waals surface area contributed by atoms with Gasteiger partial charge < -0.3 is 5.11 Å². The van der Waals surface area contributed by atoms with Gasteiger partial charge in [-0.1, -0.05) is 12.2 Å². The minimum atomic E-state index is -0.271. The maximum Gasteiger partial charge on any atom is 0.0639 e. The lowest BCUT2D eigenvalue weighted by Crippen LogP contribution is -2.29. The van der Waals surface area contributed by atoms with Crippen molar-refractivity contribution in [1.82, 2.24) is 4.90 Å². The van der Waals surface area contributed by atoms with Gasteiger partial charge in [0.1, 0.15) is 0 Å². The number of aliphatic hydroxyl groups is 1. The third-order valence-corrected chi connectivity index (χ3v) is 1.74. The Morgan fingerprint density at radius 3 is 2.64 bits per heavy atom. The van der Waals surface area contributed by atoms with Crippen molar-refractivity contribution in [3.05, 3.63) is 12.2 Å². The summed E-state index contributed by atoms with van der Waals surface area (Å²) in [5.41, 5.74) is 1.08. The number of nitrogens with zero attached hydrogens (tertiary/aromatic N) is 1. The van der Waals surface area contributed by atoms with Gasteiger partial charge in [-0.2, -0.15) is 12.6 Å². The Morgan fingerprint density at radius 2 is 2.27 bits per heavy atom. The summed E-state index contributed by atoms with van der Waals surface area (Å²) in [4.78, 5) is 2.03. The Morgan fingerprint density at radius 1 is 1.73 bits per heavy atom. The van der Waals surface area contributed by atoms with Crippen LogP contribution in [0.3, 0.4) is 0 Å². The van der Waals surface area contributed by atoms with E-state index in [1.165, 1.54) is 0 Å². The first kappa shape index (κ1) is 11.0. The topological polar surface area (TPSA) is 23.5 Å². The molecule has 3 heteroatoms. The molecule has 0 saturated heterocycles. The second-order valence-electron chi connectivity index (χ2n) is 2.95. The lowest BCUT2D eigenvalue weighted by molar-refractivity contribution is 0.146. The van der Waals surface area contributed by atoms with Crippen LogP contribution in [0, 0.1) is 0 Å². The van der Waals surface area contributed by atoms with E-state index in [1.807, 2.05) is 11.9 Å². The number of thiol groups is 1. The number of aliphatic hydroxyl groups excluding tert-OH is 1. The van der Waals surface area contributed by atoms with E-state index in [9.17, 15) is 0 Å². The van der Waals surface area contributed by atoms with E-state index < -0.39 is 0 Å². The van der Waals surface area contributed by atoms with Gasteiger partial charge in [0.05, 0.1) is 6.10 Å². The number of rotatable bonds is 5. The van der Waals surface area contributed by atoms with E-state index in [-0.39, 0.29) is 6.10 Å². The van der Waals surface area contributed by atoms with Crippen LogP contribution in [0.4, 0.5) is 0 Å². The van der Waals surface area contributed by atoms with Crippen LogP contribution >= 0.6 is 12.6 Å². The fraction of sp³-hybridized carbons (Fsp3) is 0.750. The average Bonchev–Trinajstić information content (AvgIpc) is 1.85. The highest BCUT2D eigenvalue weighted by Gasteiger charge is 2.02. The molecule has 2 nitrogen and oxygen atoms in total. The van der Waals surface area contributed by atoms with Crippen molar-refractivity contribution >= 4 is 12.6 Å². The van der Waals surface area contributed by atoms with Crippen LogP contribution < -0.4 is 0 Å². The third kappa shape index (κ3) is 6.41. The van der Waals surface area contributed by atoms with E-state index in [1.54, 1.807) is 6.92 Å². The van der Waals surface area contributed by atoms with Crippen LogP contribution in [0.15, 0.2) is 12.2 Å². The average molecular weight is 175 g/mol. The van der Waals surface area contributed by atoms with Crippen molar-refractivity contribution in [1.29, 1.82) is 0 Å². The summed E-state index contributed by atoms with van der Waals surface area (Å²) in [7, 11) is 1.96. The standard InChI is InChI=1S/C8H17NOS/c1-7(6-11)4-9(3)5-8(2)10/h8,10-11H,1,4-6H2,2-3H3. The van der Waals surface area contributed by atoms with Gasteiger partial charge in [0.15, 0.2) is 0 Å². The van der Waals surface area contributed by atoms with E-state index in [2.05, 4.69) is 19.2 Å².